The summed E-state index contributed by atoms with van der Waals surface area (Å²) < 4.78 is 26.0. The number of piperazine rings is 1. The van der Waals surface area contributed by atoms with E-state index in [1.54, 1.807) is 12.1 Å². The molecule has 0 aromatic heterocycles. The van der Waals surface area contributed by atoms with Crippen LogP contribution in [0.4, 0.5) is 0 Å². The van der Waals surface area contributed by atoms with Gasteiger partial charge in [0.05, 0.1) is 4.90 Å². The van der Waals surface area contributed by atoms with E-state index in [4.69, 9.17) is 0 Å². The molecule has 0 unspecified atom stereocenters. The largest absolute Gasteiger partial charge is 1.00 e. The van der Waals surface area contributed by atoms with E-state index in [-0.39, 0.29) is 23.1 Å². The maximum absolute atomic E-state index is 12.3. The van der Waals surface area contributed by atoms with Crippen LogP contribution in [0.15, 0.2) is 29.2 Å². The molecule has 0 atom stereocenters. The lowest BCUT2D eigenvalue weighted by atomic mass is 10.2. The molecule has 0 aliphatic carbocycles. The fourth-order valence-corrected chi connectivity index (χ4v) is 3.34. The fraction of sp³-hybridized carbons (Fsp3) is 0.417. The van der Waals surface area contributed by atoms with Gasteiger partial charge in [0.15, 0.2) is 5.78 Å². The van der Waals surface area contributed by atoms with E-state index < -0.39 is 10.0 Å². The topological polar surface area (TPSA) is 66.5 Å². The number of nitrogens with one attached hydrogen (secondary N) is 1. The van der Waals surface area contributed by atoms with E-state index in [1.807, 2.05) is 0 Å². The van der Waals surface area contributed by atoms with Crippen LogP contribution < -0.4 is 17.7 Å². The molecular formula is C12H16ClN2O3S-. The maximum atomic E-state index is 12.3. The highest BCUT2D eigenvalue weighted by Gasteiger charge is 2.25. The van der Waals surface area contributed by atoms with Crippen molar-refractivity contribution in [3.05, 3.63) is 29.8 Å². The molecule has 1 aliphatic rings. The zero-order chi connectivity index (χ0) is 13.2. The third-order valence-electron chi connectivity index (χ3n) is 2.97. The van der Waals surface area contributed by atoms with E-state index in [9.17, 15) is 13.2 Å². The summed E-state index contributed by atoms with van der Waals surface area (Å²) in [6, 6.07) is 6.09. The van der Waals surface area contributed by atoms with Crippen LogP contribution >= 0.6 is 0 Å². The van der Waals surface area contributed by atoms with Gasteiger partial charge in [-0.15, -0.1) is 0 Å². The van der Waals surface area contributed by atoms with Gasteiger partial charge in [-0.1, -0.05) is 12.1 Å². The van der Waals surface area contributed by atoms with Crippen molar-refractivity contribution in [3.8, 4) is 0 Å². The number of benzene rings is 1. The lowest BCUT2D eigenvalue weighted by Crippen LogP contribution is -3.00. The van der Waals surface area contributed by atoms with Gasteiger partial charge in [-0.3, -0.25) is 4.79 Å². The van der Waals surface area contributed by atoms with E-state index in [0.29, 0.717) is 31.7 Å². The van der Waals surface area contributed by atoms with Gasteiger partial charge in [0.25, 0.3) is 0 Å². The lowest BCUT2D eigenvalue weighted by molar-refractivity contribution is -0.0000142. The van der Waals surface area contributed by atoms with Crippen molar-refractivity contribution in [3.63, 3.8) is 0 Å². The van der Waals surface area contributed by atoms with Crippen LogP contribution in [-0.2, 0) is 10.0 Å². The molecular weight excluding hydrogens is 288 g/mol. The maximum Gasteiger partial charge on any atom is 0.243 e. The first kappa shape index (κ1) is 16.1. The summed E-state index contributed by atoms with van der Waals surface area (Å²) >= 11 is 0. The molecule has 1 aromatic carbocycles. The molecule has 1 N–H and O–H groups in total. The Morgan fingerprint density at radius 3 is 2.16 bits per heavy atom. The minimum atomic E-state index is -3.42. The van der Waals surface area contributed by atoms with Crippen molar-refractivity contribution in [1.29, 1.82) is 0 Å². The van der Waals surface area contributed by atoms with Gasteiger partial charge < -0.3 is 17.7 Å². The molecule has 0 spiro atoms. The predicted octanol–water partition coefficient (Wildman–Crippen LogP) is -2.51. The van der Waals surface area contributed by atoms with Gasteiger partial charge >= 0.3 is 0 Å². The van der Waals surface area contributed by atoms with Crippen LogP contribution in [0.1, 0.15) is 17.3 Å². The van der Waals surface area contributed by atoms with Gasteiger partial charge in [-0.05, 0) is 19.1 Å². The smallest absolute Gasteiger partial charge is 0.243 e. The van der Waals surface area contributed by atoms with Crippen LogP contribution in [-0.4, -0.2) is 44.7 Å². The first-order chi connectivity index (χ1) is 8.51. The summed E-state index contributed by atoms with van der Waals surface area (Å²) in [5.74, 6) is -0.0684. The Morgan fingerprint density at radius 2 is 1.68 bits per heavy atom. The van der Waals surface area contributed by atoms with Gasteiger partial charge in [0.2, 0.25) is 10.0 Å². The summed E-state index contributed by atoms with van der Waals surface area (Å²) in [5.41, 5.74) is 0.522. The van der Waals surface area contributed by atoms with Crippen LogP contribution in [0, 0.1) is 0 Å². The molecule has 19 heavy (non-hydrogen) atoms. The molecule has 0 bridgehead atoms. The molecule has 1 aliphatic heterocycles. The van der Waals surface area contributed by atoms with E-state index in [2.05, 4.69) is 5.32 Å². The predicted molar refractivity (Wildman–Crippen MR) is 68.1 cm³/mol. The number of sulfonamides is 1. The minimum Gasteiger partial charge on any atom is -1.00 e. The van der Waals surface area contributed by atoms with Crippen molar-refractivity contribution in [2.45, 2.75) is 11.8 Å². The second-order valence-corrected chi connectivity index (χ2v) is 6.17. The van der Waals surface area contributed by atoms with Crippen molar-refractivity contribution >= 4 is 15.8 Å². The molecule has 1 heterocycles. The van der Waals surface area contributed by atoms with Crippen molar-refractivity contribution in [2.75, 3.05) is 26.2 Å². The summed E-state index contributed by atoms with van der Waals surface area (Å²) in [7, 11) is -3.42. The number of halogens is 1. The summed E-state index contributed by atoms with van der Waals surface area (Å²) in [4.78, 5) is 11.4. The van der Waals surface area contributed by atoms with Gasteiger partial charge in [0, 0.05) is 31.7 Å². The zero-order valence-electron chi connectivity index (χ0n) is 10.6. The first-order valence-electron chi connectivity index (χ1n) is 5.84. The Bertz CT molecular complexity index is 537. The minimum absolute atomic E-state index is 0. The number of rotatable bonds is 3. The summed E-state index contributed by atoms with van der Waals surface area (Å²) in [6.45, 7) is 3.77. The Kier molecular flexibility index (Phi) is 5.49. The van der Waals surface area contributed by atoms with Crippen LogP contribution in [0.3, 0.4) is 0 Å². The molecule has 106 valence electrons. The fourth-order valence-electron chi connectivity index (χ4n) is 1.90. The molecule has 1 saturated heterocycles. The van der Waals surface area contributed by atoms with Crippen molar-refractivity contribution in [1.82, 2.24) is 9.62 Å². The molecule has 2 rings (SSSR count). The molecule has 0 radical (unpaired) electrons. The zero-order valence-corrected chi connectivity index (χ0v) is 12.2. The van der Waals surface area contributed by atoms with Crippen molar-refractivity contribution in [2.24, 2.45) is 0 Å². The highest BCUT2D eigenvalue weighted by molar-refractivity contribution is 7.89. The van der Waals surface area contributed by atoms with Gasteiger partial charge in [-0.2, -0.15) is 4.31 Å². The average molecular weight is 304 g/mol. The average Bonchev–Trinajstić information content (AvgIpc) is 2.40. The molecule has 5 nitrogen and oxygen atoms in total. The second-order valence-electron chi connectivity index (χ2n) is 4.23. The van der Waals surface area contributed by atoms with Crippen molar-refractivity contribution < 1.29 is 25.6 Å². The highest BCUT2D eigenvalue weighted by atomic mass is 35.5. The normalized spacial score (nSPS) is 16.7. The standard InChI is InChI=1S/C12H16N2O3S.ClH/c1-10(15)11-2-4-12(5-3-11)18(16,17)14-8-6-13-7-9-14;/h2-5,13H,6-9H2,1H3;1H/p-1. The number of carbonyl (C=O) groups is 1. The number of Topliss-reactive ketones (excluding diaryl/α,β-unsaturated/α-hetero) is 1. The van der Waals surface area contributed by atoms with Gasteiger partial charge in [0.1, 0.15) is 0 Å². The number of hydrogen-bond donors (Lipinski definition) is 1. The summed E-state index contributed by atoms with van der Waals surface area (Å²) in [5, 5.41) is 3.11. The van der Waals surface area contributed by atoms with E-state index >= 15 is 0 Å². The molecule has 0 amide bonds. The second kappa shape index (κ2) is 6.47. The van der Waals surface area contributed by atoms with E-state index in [1.165, 1.54) is 23.4 Å². The highest BCUT2D eigenvalue weighted by Crippen LogP contribution is 2.17. The molecule has 7 heteroatoms. The van der Waals surface area contributed by atoms with Crippen LogP contribution in [0.2, 0.25) is 0 Å². The first-order valence-corrected chi connectivity index (χ1v) is 7.28. The van der Waals surface area contributed by atoms with E-state index in [0.717, 1.165) is 0 Å². The number of nitrogens with zero attached hydrogens (tertiary/aromatic N) is 1. The Balaban J connectivity index is 0.00000180. The Morgan fingerprint density at radius 1 is 1.16 bits per heavy atom. The molecule has 0 saturated carbocycles. The Labute approximate surface area is 119 Å². The lowest BCUT2D eigenvalue weighted by Gasteiger charge is -2.26. The summed E-state index contributed by atoms with van der Waals surface area (Å²) in [6.07, 6.45) is 0. The molecule has 1 aromatic rings. The van der Waals surface area contributed by atoms with Crippen LogP contribution in [0.25, 0.3) is 0 Å². The van der Waals surface area contributed by atoms with Crippen LogP contribution in [0.5, 0.6) is 0 Å². The Hall–Kier alpha value is -0.950. The SMILES string of the molecule is CC(=O)c1ccc(S(=O)(=O)N2CCNCC2)cc1.[Cl-]. The quantitative estimate of drug-likeness (QED) is 0.626. The number of carbonyl (C=O) groups excluding carboxylic acids is 1. The number of hydrogen-bond acceptors (Lipinski definition) is 4. The third-order valence-corrected chi connectivity index (χ3v) is 4.89. The monoisotopic (exact) mass is 303 g/mol. The number of ketones is 1. The third kappa shape index (κ3) is 3.54. The molecule has 1 fully saturated rings. The van der Waals surface area contributed by atoms with Gasteiger partial charge in [-0.25, -0.2) is 8.42 Å².